The van der Waals surface area contributed by atoms with Gasteiger partial charge in [-0.25, -0.2) is 9.59 Å². The van der Waals surface area contributed by atoms with Gasteiger partial charge in [0, 0.05) is 6.04 Å². The number of imidazole rings is 1. The van der Waals surface area contributed by atoms with Crippen LogP contribution in [0, 0.1) is 11.3 Å². The molecule has 0 bridgehead atoms. The monoisotopic (exact) mass is 316 g/mol. The van der Waals surface area contributed by atoms with Gasteiger partial charge in [-0.05, 0) is 48.8 Å². The average molecular weight is 316 g/mol. The van der Waals surface area contributed by atoms with Gasteiger partial charge >= 0.3 is 11.7 Å². The minimum absolute atomic E-state index is 0.100. The highest BCUT2D eigenvalue weighted by molar-refractivity contribution is 5.93. The zero-order chi connectivity index (χ0) is 16.8. The second-order valence-electron chi connectivity index (χ2n) is 7.59. The van der Waals surface area contributed by atoms with Crippen LogP contribution in [-0.2, 0) is 4.74 Å². The Bertz CT molecular complexity index is 800. The Morgan fingerprint density at radius 2 is 2.09 bits per heavy atom. The number of methoxy groups -OCH3 is 1. The van der Waals surface area contributed by atoms with E-state index in [0.717, 1.165) is 18.4 Å². The summed E-state index contributed by atoms with van der Waals surface area (Å²) in [7, 11) is 1.35. The van der Waals surface area contributed by atoms with Crippen LogP contribution in [0.4, 0.5) is 0 Å². The standard InChI is InChI=1S/C18H24N2O3/c1-11-7-13(10-18(2,3)9-11)20-15-6-5-12(16(21)23-4)8-14(15)19-17(20)22/h5-6,8,11,13H,7,9-10H2,1-4H3,(H,19,22)/t11-,13+/m1/s1. The first-order valence-electron chi connectivity index (χ1n) is 8.13. The number of carbonyl (C=O) groups is 1. The second-order valence-corrected chi connectivity index (χ2v) is 7.59. The lowest BCUT2D eigenvalue weighted by atomic mass is 9.70. The van der Waals surface area contributed by atoms with E-state index in [0.29, 0.717) is 17.0 Å². The van der Waals surface area contributed by atoms with Gasteiger partial charge in [0.25, 0.3) is 0 Å². The molecule has 1 aliphatic rings. The van der Waals surface area contributed by atoms with Gasteiger partial charge in [-0.15, -0.1) is 0 Å². The van der Waals surface area contributed by atoms with Crippen molar-refractivity contribution in [2.45, 2.75) is 46.1 Å². The van der Waals surface area contributed by atoms with Gasteiger partial charge in [-0.3, -0.25) is 4.57 Å². The largest absolute Gasteiger partial charge is 0.465 e. The summed E-state index contributed by atoms with van der Waals surface area (Å²) in [5, 5.41) is 0. The molecule has 124 valence electrons. The van der Waals surface area contributed by atoms with Crippen LogP contribution in [0.2, 0.25) is 0 Å². The highest BCUT2D eigenvalue weighted by Gasteiger charge is 2.34. The smallest absolute Gasteiger partial charge is 0.337 e. The van der Waals surface area contributed by atoms with E-state index in [1.165, 1.54) is 13.5 Å². The lowest BCUT2D eigenvalue weighted by molar-refractivity contribution is 0.0601. The van der Waals surface area contributed by atoms with E-state index in [1.807, 2.05) is 10.6 Å². The van der Waals surface area contributed by atoms with Gasteiger partial charge in [0.05, 0.1) is 23.7 Å². The number of nitrogens with one attached hydrogen (secondary N) is 1. The minimum atomic E-state index is -0.395. The summed E-state index contributed by atoms with van der Waals surface area (Å²) < 4.78 is 6.61. The average Bonchev–Trinajstić information content (AvgIpc) is 2.79. The Morgan fingerprint density at radius 3 is 2.74 bits per heavy atom. The number of ether oxygens (including phenoxy) is 1. The summed E-state index contributed by atoms with van der Waals surface area (Å²) in [6, 6.07) is 5.44. The van der Waals surface area contributed by atoms with E-state index in [9.17, 15) is 9.59 Å². The Morgan fingerprint density at radius 1 is 1.35 bits per heavy atom. The maximum Gasteiger partial charge on any atom is 0.337 e. The van der Waals surface area contributed by atoms with Crippen molar-refractivity contribution in [3.8, 4) is 0 Å². The Hall–Kier alpha value is -2.04. The van der Waals surface area contributed by atoms with Crippen LogP contribution < -0.4 is 5.69 Å². The topological polar surface area (TPSA) is 64.1 Å². The molecule has 0 radical (unpaired) electrons. The van der Waals surface area contributed by atoms with Crippen LogP contribution in [0.3, 0.4) is 0 Å². The van der Waals surface area contributed by atoms with E-state index in [-0.39, 0.29) is 17.1 Å². The summed E-state index contributed by atoms with van der Waals surface area (Å²) in [5.41, 5.74) is 2.13. The SMILES string of the molecule is COC(=O)c1ccc2c(c1)[nH]c(=O)n2[C@H]1C[C@@H](C)CC(C)(C)C1. The number of esters is 1. The molecule has 1 aromatic heterocycles. The normalized spacial score (nSPS) is 23.8. The zero-order valence-electron chi connectivity index (χ0n) is 14.2. The van der Waals surface area contributed by atoms with Crippen LogP contribution in [0.25, 0.3) is 11.0 Å². The number of benzene rings is 1. The molecule has 0 aliphatic heterocycles. The van der Waals surface area contributed by atoms with Crippen LogP contribution in [-0.4, -0.2) is 22.6 Å². The molecular weight excluding hydrogens is 292 g/mol. The van der Waals surface area contributed by atoms with Gasteiger partial charge in [-0.1, -0.05) is 20.8 Å². The first-order valence-corrected chi connectivity index (χ1v) is 8.13. The van der Waals surface area contributed by atoms with Gasteiger partial charge in [0.1, 0.15) is 0 Å². The maximum absolute atomic E-state index is 12.5. The van der Waals surface area contributed by atoms with Crippen molar-refractivity contribution in [3.05, 3.63) is 34.2 Å². The molecule has 1 fully saturated rings. The van der Waals surface area contributed by atoms with Crippen molar-refractivity contribution < 1.29 is 9.53 Å². The summed E-state index contributed by atoms with van der Waals surface area (Å²) in [6.07, 6.45) is 3.19. The number of nitrogens with zero attached hydrogens (tertiary/aromatic N) is 1. The van der Waals surface area contributed by atoms with Gasteiger partial charge in [-0.2, -0.15) is 0 Å². The number of hydrogen-bond donors (Lipinski definition) is 1. The fraction of sp³-hybridized carbons (Fsp3) is 0.556. The highest BCUT2D eigenvalue weighted by Crippen LogP contribution is 2.44. The van der Waals surface area contributed by atoms with Gasteiger partial charge in [0.2, 0.25) is 0 Å². The number of hydrogen-bond acceptors (Lipinski definition) is 3. The van der Waals surface area contributed by atoms with Crippen LogP contribution in [0.5, 0.6) is 0 Å². The first kappa shape index (κ1) is 15.8. The van der Waals surface area contributed by atoms with Crippen molar-refractivity contribution in [2.24, 2.45) is 11.3 Å². The number of aromatic amines is 1. The molecule has 2 atom stereocenters. The van der Waals surface area contributed by atoms with Crippen molar-refractivity contribution in [1.29, 1.82) is 0 Å². The molecule has 1 saturated carbocycles. The van der Waals surface area contributed by atoms with E-state index in [4.69, 9.17) is 4.74 Å². The summed E-state index contributed by atoms with van der Waals surface area (Å²) in [6.45, 7) is 6.79. The summed E-state index contributed by atoms with van der Waals surface area (Å²) in [5.74, 6) is 0.197. The second kappa shape index (κ2) is 5.55. The van der Waals surface area contributed by atoms with E-state index in [1.54, 1.807) is 12.1 Å². The molecule has 23 heavy (non-hydrogen) atoms. The molecular formula is C18H24N2O3. The van der Waals surface area contributed by atoms with Crippen molar-refractivity contribution >= 4 is 17.0 Å². The van der Waals surface area contributed by atoms with E-state index < -0.39 is 5.97 Å². The Labute approximate surface area is 135 Å². The van der Waals surface area contributed by atoms with E-state index in [2.05, 4.69) is 25.8 Å². The molecule has 1 heterocycles. The number of fused-ring (bicyclic) bond motifs is 1. The summed E-state index contributed by atoms with van der Waals surface area (Å²) >= 11 is 0. The molecule has 5 heteroatoms. The third-order valence-corrected chi connectivity index (χ3v) is 4.87. The Kier molecular flexibility index (Phi) is 3.82. The van der Waals surface area contributed by atoms with Crippen LogP contribution >= 0.6 is 0 Å². The van der Waals surface area contributed by atoms with Gasteiger partial charge in [0.15, 0.2) is 0 Å². The lowest BCUT2D eigenvalue weighted by Gasteiger charge is -2.39. The molecule has 0 amide bonds. The lowest BCUT2D eigenvalue weighted by Crippen LogP contribution is -2.33. The van der Waals surface area contributed by atoms with Crippen LogP contribution in [0.15, 0.2) is 23.0 Å². The van der Waals surface area contributed by atoms with Gasteiger partial charge < -0.3 is 9.72 Å². The quantitative estimate of drug-likeness (QED) is 0.862. The predicted octanol–water partition coefficient (Wildman–Crippen LogP) is 3.50. The fourth-order valence-corrected chi connectivity index (χ4v) is 4.23. The van der Waals surface area contributed by atoms with Crippen molar-refractivity contribution in [2.75, 3.05) is 7.11 Å². The number of aromatic nitrogens is 2. The molecule has 3 rings (SSSR count). The number of carbonyl (C=O) groups excluding carboxylic acids is 1. The first-order chi connectivity index (χ1) is 10.8. The number of H-pyrrole nitrogens is 1. The summed E-state index contributed by atoms with van der Waals surface area (Å²) in [4.78, 5) is 27.0. The van der Waals surface area contributed by atoms with Crippen LogP contribution in [0.1, 0.15) is 56.4 Å². The molecule has 5 nitrogen and oxygen atoms in total. The maximum atomic E-state index is 12.5. The Balaban J connectivity index is 2.06. The highest BCUT2D eigenvalue weighted by atomic mass is 16.5. The third-order valence-electron chi connectivity index (χ3n) is 4.87. The van der Waals surface area contributed by atoms with Crippen molar-refractivity contribution in [1.82, 2.24) is 9.55 Å². The molecule has 2 aromatic rings. The third kappa shape index (κ3) is 2.92. The molecule has 1 aliphatic carbocycles. The molecule has 1 aromatic carbocycles. The fourth-order valence-electron chi connectivity index (χ4n) is 4.23. The zero-order valence-corrected chi connectivity index (χ0v) is 14.2. The predicted molar refractivity (Wildman–Crippen MR) is 89.7 cm³/mol. The minimum Gasteiger partial charge on any atom is -0.465 e. The molecule has 0 spiro atoms. The van der Waals surface area contributed by atoms with Crippen molar-refractivity contribution in [3.63, 3.8) is 0 Å². The molecule has 0 unspecified atom stereocenters. The molecule has 0 saturated heterocycles. The van der Waals surface area contributed by atoms with E-state index >= 15 is 0 Å². The number of rotatable bonds is 2. The molecule has 1 N–H and O–H groups in total.